The highest BCUT2D eigenvalue weighted by molar-refractivity contribution is 7.12. The van der Waals surface area contributed by atoms with Crippen molar-refractivity contribution in [2.75, 3.05) is 0 Å². The number of rotatable bonds is 0. The molecular weight excluding hydrogens is 136 g/mol. The van der Waals surface area contributed by atoms with Crippen LogP contribution in [0.5, 0.6) is 0 Å². The van der Waals surface area contributed by atoms with E-state index >= 15 is 0 Å². The van der Waals surface area contributed by atoms with Crippen LogP contribution >= 0.6 is 11.3 Å². The summed E-state index contributed by atoms with van der Waals surface area (Å²) in [6.07, 6.45) is 1.55. The van der Waals surface area contributed by atoms with Crippen LogP contribution in [0.15, 0.2) is 10.5 Å². The molecule has 0 aliphatic carbocycles. The summed E-state index contributed by atoms with van der Waals surface area (Å²) in [4.78, 5) is 18.9. The molecule has 0 spiro atoms. The molecule has 0 bridgehead atoms. The van der Waals surface area contributed by atoms with Crippen molar-refractivity contribution < 1.29 is 4.79 Å². The fourth-order valence-electron chi connectivity index (χ4n) is 0.686. The predicted molar refractivity (Wildman–Crippen MR) is 34.0 cm³/mol. The summed E-state index contributed by atoms with van der Waals surface area (Å²) in [6, 6.07) is 0. The van der Waals surface area contributed by atoms with Gasteiger partial charge in [0.05, 0.1) is 16.6 Å². The van der Waals surface area contributed by atoms with Crippen LogP contribution < -0.4 is 0 Å². The summed E-state index contributed by atoms with van der Waals surface area (Å²) in [6.45, 7) is 0. The first-order chi connectivity index (χ1) is 4.38. The molecule has 44 valence electrons. The molecule has 0 fully saturated rings. The third kappa shape index (κ3) is 0.533. The lowest BCUT2D eigenvalue weighted by Crippen LogP contribution is -1.89. The van der Waals surface area contributed by atoms with Crippen molar-refractivity contribution in [2.24, 2.45) is 4.99 Å². The number of fused-ring (bicyclic) bond motifs is 1. The van der Waals surface area contributed by atoms with Gasteiger partial charge in [-0.05, 0) is 0 Å². The van der Waals surface area contributed by atoms with Crippen molar-refractivity contribution in [2.45, 2.75) is 0 Å². The topological polar surface area (TPSA) is 42.3 Å². The fourth-order valence-corrected chi connectivity index (χ4v) is 1.32. The molecule has 2 rings (SSSR count). The Morgan fingerprint density at radius 3 is 3.22 bits per heavy atom. The van der Waals surface area contributed by atoms with Crippen LogP contribution in [0.2, 0.25) is 0 Å². The van der Waals surface area contributed by atoms with Crippen molar-refractivity contribution in [1.29, 1.82) is 0 Å². The van der Waals surface area contributed by atoms with E-state index in [1.54, 1.807) is 11.7 Å². The first-order valence-electron chi connectivity index (χ1n) is 2.40. The lowest BCUT2D eigenvalue weighted by Gasteiger charge is -1.75. The van der Waals surface area contributed by atoms with Gasteiger partial charge in [0, 0.05) is 0 Å². The van der Waals surface area contributed by atoms with Gasteiger partial charge >= 0.3 is 0 Å². The zero-order valence-corrected chi connectivity index (χ0v) is 5.18. The Morgan fingerprint density at radius 1 is 1.56 bits per heavy atom. The monoisotopic (exact) mass is 138 g/mol. The highest BCUT2D eigenvalue weighted by atomic mass is 32.1. The van der Waals surface area contributed by atoms with Gasteiger partial charge in [-0.2, -0.15) is 0 Å². The van der Waals surface area contributed by atoms with Crippen LogP contribution in [-0.4, -0.2) is 17.1 Å². The van der Waals surface area contributed by atoms with E-state index in [-0.39, 0.29) is 5.91 Å². The minimum Gasteiger partial charge on any atom is -0.265 e. The quantitative estimate of drug-likeness (QED) is 0.530. The minimum atomic E-state index is -0.216. The number of nitrogens with zero attached hydrogens (tertiary/aromatic N) is 2. The Balaban J connectivity index is 2.73. The lowest BCUT2D eigenvalue weighted by molar-refractivity contribution is 0.100. The van der Waals surface area contributed by atoms with E-state index in [2.05, 4.69) is 9.98 Å². The third-order valence-electron chi connectivity index (χ3n) is 1.10. The van der Waals surface area contributed by atoms with Crippen LogP contribution in [0, 0.1) is 0 Å². The smallest absolute Gasteiger partial charge is 0.265 e. The fraction of sp³-hybridized carbons (Fsp3) is 0. The van der Waals surface area contributed by atoms with Crippen molar-refractivity contribution in [1.82, 2.24) is 4.98 Å². The number of aliphatic imine (C=N–C) groups is 1. The van der Waals surface area contributed by atoms with Gasteiger partial charge in [-0.1, -0.05) is 0 Å². The molecule has 0 unspecified atom stereocenters. The molecule has 1 amide bonds. The zero-order valence-electron chi connectivity index (χ0n) is 4.37. The second-order valence-corrected chi connectivity index (χ2v) is 2.51. The summed E-state index contributed by atoms with van der Waals surface area (Å²) in [5.74, 6) is -0.216. The average molecular weight is 138 g/mol. The first kappa shape index (κ1) is 4.81. The summed E-state index contributed by atoms with van der Waals surface area (Å²) >= 11 is 1.43. The molecule has 1 aliphatic rings. The second-order valence-electron chi connectivity index (χ2n) is 1.63. The molecule has 0 radical (unpaired) electrons. The molecule has 0 N–H and O–H groups in total. The van der Waals surface area contributed by atoms with Crippen molar-refractivity contribution in [3.8, 4) is 0 Å². The van der Waals surface area contributed by atoms with E-state index in [4.69, 9.17) is 0 Å². The standard InChI is InChI=1S/C5H2N2OS/c8-5-4-3(1-6-5)9-2-7-4/h1-2H. The first-order valence-corrected chi connectivity index (χ1v) is 3.28. The van der Waals surface area contributed by atoms with Gasteiger partial charge in [-0.15, -0.1) is 11.3 Å². The zero-order chi connectivity index (χ0) is 6.27. The third-order valence-corrected chi connectivity index (χ3v) is 1.86. The van der Waals surface area contributed by atoms with Gasteiger partial charge < -0.3 is 0 Å². The van der Waals surface area contributed by atoms with Crippen molar-refractivity contribution in [3.63, 3.8) is 0 Å². The molecule has 0 saturated carbocycles. The van der Waals surface area contributed by atoms with Crippen LogP contribution in [0.4, 0.5) is 0 Å². The molecule has 0 atom stereocenters. The van der Waals surface area contributed by atoms with Gasteiger partial charge in [-0.25, -0.2) is 9.98 Å². The Morgan fingerprint density at radius 2 is 2.44 bits per heavy atom. The van der Waals surface area contributed by atoms with Crippen molar-refractivity contribution in [3.05, 3.63) is 16.1 Å². The highest BCUT2D eigenvalue weighted by Gasteiger charge is 2.17. The van der Waals surface area contributed by atoms with Crippen molar-refractivity contribution >= 4 is 23.5 Å². The summed E-state index contributed by atoms with van der Waals surface area (Å²) in [5, 5.41) is 0. The average Bonchev–Trinajstić information content (AvgIpc) is 2.35. The van der Waals surface area contributed by atoms with E-state index in [0.29, 0.717) is 5.69 Å². The Kier molecular flexibility index (Phi) is 0.790. The molecule has 9 heavy (non-hydrogen) atoms. The Labute approximate surface area is 55.1 Å². The SMILES string of the molecule is O=C1N=Cc2scnc21. The number of hydrogen-bond donors (Lipinski definition) is 0. The molecule has 0 aromatic carbocycles. The molecule has 0 saturated heterocycles. The van der Waals surface area contributed by atoms with E-state index in [1.165, 1.54) is 11.3 Å². The Bertz CT molecular complexity index is 289. The predicted octanol–water partition coefficient (Wildman–Crippen LogP) is 0.716. The minimum absolute atomic E-state index is 0.216. The van der Waals surface area contributed by atoms with E-state index in [1.807, 2.05) is 0 Å². The number of aromatic nitrogens is 1. The lowest BCUT2D eigenvalue weighted by atomic mass is 10.4. The number of carbonyl (C=O) groups excluding carboxylic acids is 1. The molecule has 1 aromatic heterocycles. The molecule has 2 heterocycles. The van der Waals surface area contributed by atoms with Gasteiger partial charge in [0.1, 0.15) is 5.69 Å². The van der Waals surface area contributed by atoms with Gasteiger partial charge in [-0.3, -0.25) is 4.79 Å². The maximum Gasteiger partial charge on any atom is 0.297 e. The van der Waals surface area contributed by atoms with Crippen LogP contribution in [0.3, 0.4) is 0 Å². The van der Waals surface area contributed by atoms with Crippen LogP contribution in [-0.2, 0) is 0 Å². The Hall–Kier alpha value is -1.03. The van der Waals surface area contributed by atoms with E-state index in [9.17, 15) is 4.79 Å². The molecule has 4 heteroatoms. The number of thiazole rings is 1. The van der Waals surface area contributed by atoms with Gasteiger partial charge in [0.25, 0.3) is 5.91 Å². The number of amides is 1. The number of hydrogen-bond acceptors (Lipinski definition) is 3. The molecule has 1 aliphatic heterocycles. The molecule has 1 aromatic rings. The summed E-state index contributed by atoms with van der Waals surface area (Å²) < 4.78 is 0. The maximum atomic E-state index is 10.7. The highest BCUT2D eigenvalue weighted by Crippen LogP contribution is 2.16. The summed E-state index contributed by atoms with van der Waals surface area (Å²) in [5.41, 5.74) is 2.15. The van der Waals surface area contributed by atoms with E-state index in [0.717, 1.165) is 4.88 Å². The van der Waals surface area contributed by atoms with Crippen LogP contribution in [0.25, 0.3) is 0 Å². The normalized spacial score (nSPS) is 14.4. The number of carbonyl (C=O) groups is 1. The van der Waals surface area contributed by atoms with Gasteiger partial charge in [0.2, 0.25) is 0 Å². The van der Waals surface area contributed by atoms with E-state index < -0.39 is 0 Å². The molecular formula is C5H2N2OS. The summed E-state index contributed by atoms with van der Waals surface area (Å²) in [7, 11) is 0. The largest absolute Gasteiger partial charge is 0.297 e. The molecule has 3 nitrogen and oxygen atoms in total. The van der Waals surface area contributed by atoms with Gasteiger partial charge in [0.15, 0.2) is 0 Å². The van der Waals surface area contributed by atoms with Crippen LogP contribution in [0.1, 0.15) is 15.4 Å². The maximum absolute atomic E-state index is 10.7. The second kappa shape index (κ2) is 1.48.